The first kappa shape index (κ1) is 30.1. The third kappa shape index (κ3) is 9.63. The maximum atomic E-state index is 14.2. The third-order valence-electron chi connectivity index (χ3n) is 3.85. The Hall–Kier alpha value is -0.910. The molecule has 0 spiro atoms. The number of ether oxygens (including phenoxy) is 2. The first-order valence-corrected chi connectivity index (χ1v) is 11.5. The van der Waals surface area contributed by atoms with Gasteiger partial charge in [-0.25, -0.2) is 9.18 Å². The predicted molar refractivity (Wildman–Crippen MR) is 127 cm³/mol. The fourth-order valence-electron chi connectivity index (χ4n) is 2.59. The molecule has 2 rings (SSSR count). The maximum absolute atomic E-state index is 14.2. The topological polar surface area (TPSA) is 51.1 Å². The van der Waals surface area contributed by atoms with Gasteiger partial charge in [0.2, 0.25) is 0 Å². The van der Waals surface area contributed by atoms with Crippen LogP contribution < -0.4 is 0 Å². The van der Waals surface area contributed by atoms with Gasteiger partial charge in [0.1, 0.15) is 11.4 Å². The van der Waals surface area contributed by atoms with Crippen molar-refractivity contribution in [2.45, 2.75) is 44.5 Å². The van der Waals surface area contributed by atoms with E-state index in [9.17, 15) is 17.5 Å². The molecule has 0 N–H and O–H groups in total. The van der Waals surface area contributed by atoms with Crippen molar-refractivity contribution in [2.24, 2.45) is 10.9 Å². The van der Waals surface area contributed by atoms with E-state index in [2.05, 4.69) is 25.7 Å². The molecular formula is C20H30BrF3N2O3S2. The number of benzene rings is 1. The summed E-state index contributed by atoms with van der Waals surface area (Å²) in [6.45, 7) is 7.11. The van der Waals surface area contributed by atoms with E-state index < -0.39 is 11.7 Å². The Morgan fingerprint density at radius 2 is 1.81 bits per heavy atom. The molecule has 11 heteroatoms. The highest BCUT2D eigenvalue weighted by molar-refractivity contribution is 9.10. The van der Waals surface area contributed by atoms with Gasteiger partial charge in [0.25, 0.3) is 0 Å². The Morgan fingerprint density at radius 3 is 2.26 bits per heavy atom. The molecule has 0 radical (unpaired) electrons. The van der Waals surface area contributed by atoms with Crippen LogP contribution >= 0.6 is 40.0 Å². The molecule has 0 aliphatic heterocycles. The summed E-state index contributed by atoms with van der Waals surface area (Å²) < 4.78 is 48.1. The molecule has 31 heavy (non-hydrogen) atoms. The molecule has 2 unspecified atom stereocenters. The maximum Gasteiger partial charge on any atom is 0.428 e. The molecule has 1 saturated carbocycles. The largest absolute Gasteiger partial charge is 0.443 e. The minimum Gasteiger partial charge on any atom is -0.443 e. The van der Waals surface area contributed by atoms with Gasteiger partial charge in [-0.1, -0.05) is 34.6 Å². The van der Waals surface area contributed by atoms with Crippen molar-refractivity contribution in [3.8, 4) is 0 Å². The summed E-state index contributed by atoms with van der Waals surface area (Å²) in [4.78, 5) is 16.2. The summed E-state index contributed by atoms with van der Waals surface area (Å²) in [6.07, 6.45) is -0.823. The number of rotatable bonds is 3. The predicted octanol–water partition coefficient (Wildman–Crippen LogP) is 7.03. The van der Waals surface area contributed by atoms with E-state index in [-0.39, 0.29) is 40.4 Å². The normalized spacial score (nSPS) is 20.0. The lowest BCUT2D eigenvalue weighted by molar-refractivity contribution is 0.0474. The van der Waals surface area contributed by atoms with E-state index >= 15 is 0 Å². The molecule has 1 aliphatic carbocycles. The lowest BCUT2D eigenvalue weighted by atomic mass is 10.1. The summed E-state index contributed by atoms with van der Waals surface area (Å²) in [5.74, 6) is -0.128. The number of amides is 1. The van der Waals surface area contributed by atoms with Crippen LogP contribution in [-0.2, 0) is 9.47 Å². The number of methoxy groups -OCH3 is 1. The van der Waals surface area contributed by atoms with Crippen molar-refractivity contribution >= 4 is 51.3 Å². The van der Waals surface area contributed by atoms with Crippen molar-refractivity contribution in [1.82, 2.24) is 4.31 Å². The van der Waals surface area contributed by atoms with Gasteiger partial charge >= 0.3 is 6.09 Å². The van der Waals surface area contributed by atoms with Crippen LogP contribution in [0.25, 0.3) is 0 Å². The van der Waals surface area contributed by atoms with Crippen LogP contribution in [0.1, 0.15) is 39.2 Å². The zero-order valence-electron chi connectivity index (χ0n) is 18.9. The monoisotopic (exact) mass is 546 g/mol. The molecule has 1 aromatic carbocycles. The minimum atomic E-state index is -0.823. The number of thioether (sulfide) groups is 1. The van der Waals surface area contributed by atoms with Crippen LogP contribution in [0.2, 0.25) is 0 Å². The number of nitrogens with zero attached hydrogens (tertiary/aromatic N) is 2. The van der Waals surface area contributed by atoms with Crippen LogP contribution in [0.15, 0.2) is 27.7 Å². The first-order valence-electron chi connectivity index (χ1n) is 9.18. The van der Waals surface area contributed by atoms with E-state index in [4.69, 9.17) is 4.74 Å². The molecule has 1 aromatic rings. The second-order valence-corrected chi connectivity index (χ2v) is 9.96. The fourth-order valence-corrected chi connectivity index (χ4v) is 4.77. The summed E-state index contributed by atoms with van der Waals surface area (Å²) >= 11 is 4.36. The van der Waals surface area contributed by atoms with E-state index in [0.29, 0.717) is 12.7 Å². The number of carbonyl (C=O) groups excluding carboxylic acids is 1. The van der Waals surface area contributed by atoms with Crippen molar-refractivity contribution in [3.05, 3.63) is 34.1 Å². The molecule has 3 atom stereocenters. The lowest BCUT2D eigenvalue weighted by Gasteiger charge is -2.24. The van der Waals surface area contributed by atoms with Crippen molar-refractivity contribution in [2.75, 3.05) is 28.4 Å². The molecule has 0 aromatic heterocycles. The molecule has 0 saturated heterocycles. The lowest BCUT2D eigenvalue weighted by Crippen LogP contribution is -2.35. The quantitative estimate of drug-likeness (QED) is 0.231. The standard InChI is InChI=1S/C17H21BrF2N2O2S2.C2H6O.CH3F/c1-9-13(11-8-10(18)6-7-12(11)19)14(9)25-15(21-5)22(26-20)16(23)24-17(2,3)4;1-3-2;1-2/h6-9,13-14H,1-5H3;1-2H3;1H3/t9-,13?,14?;;/m0../s1. The van der Waals surface area contributed by atoms with Crippen molar-refractivity contribution < 1.29 is 26.9 Å². The SMILES string of the molecule is CF.CN=C(SC1C(c2cc(Br)ccc2F)[C@@H]1C)N(SF)C(=O)OC(C)(C)C.COC. The number of aliphatic imine (C=N–C) groups is 1. The van der Waals surface area contributed by atoms with Gasteiger partial charge in [-0.15, -0.1) is 3.89 Å². The summed E-state index contributed by atoms with van der Waals surface area (Å²) in [5.41, 5.74) is -0.139. The molecule has 178 valence electrons. The van der Waals surface area contributed by atoms with Gasteiger partial charge in [0.15, 0.2) is 17.5 Å². The highest BCUT2D eigenvalue weighted by Crippen LogP contribution is 2.56. The number of carbonyl (C=O) groups is 1. The minimum absolute atomic E-state index is 0.00501. The molecule has 1 amide bonds. The van der Waals surface area contributed by atoms with Crippen LogP contribution in [0, 0.1) is 11.7 Å². The van der Waals surface area contributed by atoms with Crippen molar-refractivity contribution in [1.29, 1.82) is 0 Å². The summed E-state index contributed by atoms with van der Waals surface area (Å²) in [6, 6.07) is 4.83. The van der Waals surface area contributed by atoms with E-state index in [1.54, 1.807) is 47.1 Å². The van der Waals surface area contributed by atoms with Crippen molar-refractivity contribution in [3.63, 3.8) is 0 Å². The number of hydrogen-bond donors (Lipinski definition) is 0. The van der Waals surface area contributed by atoms with Crippen LogP contribution in [0.5, 0.6) is 0 Å². The third-order valence-corrected chi connectivity index (χ3v) is 6.49. The smallest absolute Gasteiger partial charge is 0.428 e. The van der Waals surface area contributed by atoms with E-state index in [0.717, 1.165) is 8.78 Å². The van der Waals surface area contributed by atoms with E-state index in [1.807, 2.05) is 6.92 Å². The summed E-state index contributed by atoms with van der Waals surface area (Å²) in [5, 5.41) is 0.191. The molecule has 1 aliphatic rings. The molecule has 0 heterocycles. The number of alkyl halides is 1. The average Bonchev–Trinajstić information content (AvgIpc) is 3.32. The molecule has 5 nitrogen and oxygen atoms in total. The second-order valence-electron chi connectivity index (χ2n) is 7.39. The van der Waals surface area contributed by atoms with Gasteiger partial charge < -0.3 is 9.47 Å². The second kappa shape index (κ2) is 14.3. The van der Waals surface area contributed by atoms with Gasteiger partial charge in [-0.05, 0) is 50.5 Å². The number of hydrogen-bond acceptors (Lipinski definition) is 6. The number of halogens is 4. The molecular weight excluding hydrogens is 517 g/mol. The van der Waals surface area contributed by atoms with E-state index in [1.165, 1.54) is 24.9 Å². The van der Waals surface area contributed by atoms with Gasteiger partial charge in [-0.2, -0.15) is 4.31 Å². The van der Waals surface area contributed by atoms with Crippen LogP contribution in [0.3, 0.4) is 0 Å². The summed E-state index contributed by atoms with van der Waals surface area (Å²) in [7, 11) is 5.23. The van der Waals surface area contributed by atoms with Crippen LogP contribution in [0.4, 0.5) is 17.5 Å². The first-order chi connectivity index (χ1) is 14.5. The Bertz CT molecular complexity index is 736. The van der Waals surface area contributed by atoms with Gasteiger partial charge in [-0.3, -0.25) is 9.38 Å². The van der Waals surface area contributed by atoms with Gasteiger partial charge in [0, 0.05) is 36.9 Å². The van der Waals surface area contributed by atoms with Crippen LogP contribution in [-0.4, -0.2) is 54.9 Å². The Balaban J connectivity index is 0.00000165. The highest BCUT2D eigenvalue weighted by Gasteiger charge is 2.51. The highest BCUT2D eigenvalue weighted by atomic mass is 79.9. The average molecular weight is 548 g/mol. The zero-order chi connectivity index (χ0) is 24.4. The Morgan fingerprint density at radius 1 is 1.26 bits per heavy atom. The molecule has 0 bridgehead atoms. The number of amidine groups is 1. The fraction of sp³-hybridized carbons (Fsp3) is 0.600. The molecule has 1 fully saturated rings. The van der Waals surface area contributed by atoms with Gasteiger partial charge in [0.05, 0.1) is 7.18 Å². The Kier molecular flexibility index (Phi) is 13.9. The Labute approximate surface area is 200 Å². The zero-order valence-corrected chi connectivity index (χ0v) is 22.1.